The number of benzene rings is 1. The van der Waals surface area contributed by atoms with Gasteiger partial charge in [0, 0.05) is 11.9 Å². The monoisotopic (exact) mass is 273 g/mol. The predicted octanol–water partition coefficient (Wildman–Crippen LogP) is 1.59. The van der Waals surface area contributed by atoms with Gasteiger partial charge in [0.25, 0.3) is 12.4 Å². The van der Waals surface area contributed by atoms with E-state index in [-0.39, 0.29) is 5.91 Å². The molecule has 2 heterocycles. The van der Waals surface area contributed by atoms with E-state index in [1.807, 2.05) is 25.1 Å². The Hall–Kier alpha value is -2.63. The molecular weight excluding hydrogens is 258 g/mol. The maximum Gasteiger partial charge on any atom is 0.292 e. The van der Waals surface area contributed by atoms with Gasteiger partial charge in [0.05, 0.1) is 13.7 Å². The van der Waals surface area contributed by atoms with Crippen LogP contribution in [-0.2, 0) is 16.1 Å². The van der Waals surface area contributed by atoms with E-state index in [0.717, 1.165) is 16.8 Å². The van der Waals surface area contributed by atoms with Gasteiger partial charge in [-0.15, -0.1) is 0 Å². The van der Waals surface area contributed by atoms with Crippen molar-refractivity contribution in [3.8, 4) is 0 Å². The third-order valence-corrected chi connectivity index (χ3v) is 2.88. The number of amides is 1. The number of rotatable bonds is 1. The number of ether oxygens (including phenoxy) is 1. The molecule has 0 fully saturated rings. The smallest absolute Gasteiger partial charge is 0.292 e. The number of carbonyl (C=O) groups excluding carboxylic acids is 2. The van der Waals surface area contributed by atoms with Gasteiger partial charge in [0.15, 0.2) is 0 Å². The molecular formula is C14H15N3O3. The summed E-state index contributed by atoms with van der Waals surface area (Å²) in [5.41, 5.74) is 3.71. The van der Waals surface area contributed by atoms with E-state index in [4.69, 9.17) is 4.79 Å². The fourth-order valence-corrected chi connectivity index (χ4v) is 1.94. The summed E-state index contributed by atoms with van der Waals surface area (Å²) in [6, 6.07) is 7.79. The second-order valence-electron chi connectivity index (χ2n) is 4.32. The molecule has 6 nitrogen and oxygen atoms in total. The highest BCUT2D eigenvalue weighted by Gasteiger charge is 2.18. The number of nitrogens with one attached hydrogen (secondary N) is 1. The third kappa shape index (κ3) is 2.85. The standard InChI is InChI=1S/C12H11N3O.C2H4O2/c1-8-2-3-9-7-15-11(4-5-13-15)12(16)14-10(9)6-8;1-4-2-3/h2-6H,7H2,1H3,(H,14,16);2H,1H3. The van der Waals surface area contributed by atoms with Crippen LogP contribution in [0.15, 0.2) is 30.5 Å². The van der Waals surface area contributed by atoms with Crippen molar-refractivity contribution in [3.63, 3.8) is 0 Å². The van der Waals surface area contributed by atoms with Crippen LogP contribution < -0.4 is 5.32 Å². The molecule has 0 unspecified atom stereocenters. The molecule has 0 radical (unpaired) electrons. The van der Waals surface area contributed by atoms with Crippen molar-refractivity contribution >= 4 is 18.1 Å². The van der Waals surface area contributed by atoms with Gasteiger partial charge in [-0.3, -0.25) is 14.3 Å². The van der Waals surface area contributed by atoms with Gasteiger partial charge in [0.1, 0.15) is 5.69 Å². The summed E-state index contributed by atoms with van der Waals surface area (Å²) in [7, 11) is 1.31. The van der Waals surface area contributed by atoms with Crippen LogP contribution >= 0.6 is 0 Å². The molecule has 3 rings (SSSR count). The molecule has 104 valence electrons. The maximum absolute atomic E-state index is 11.9. The Morgan fingerprint density at radius 3 is 2.85 bits per heavy atom. The zero-order chi connectivity index (χ0) is 14.5. The van der Waals surface area contributed by atoms with Crippen molar-refractivity contribution < 1.29 is 14.3 Å². The molecule has 0 saturated heterocycles. The van der Waals surface area contributed by atoms with Crippen LogP contribution in [0.25, 0.3) is 0 Å². The normalized spacial score (nSPS) is 12.0. The highest BCUT2D eigenvalue weighted by atomic mass is 16.5. The summed E-state index contributed by atoms with van der Waals surface area (Å²) in [4.78, 5) is 20.8. The van der Waals surface area contributed by atoms with Gasteiger partial charge in [-0.1, -0.05) is 12.1 Å². The Balaban J connectivity index is 0.000000328. The Morgan fingerprint density at radius 1 is 1.40 bits per heavy atom. The summed E-state index contributed by atoms with van der Waals surface area (Å²) in [6.07, 6.45) is 1.65. The number of aromatic nitrogens is 2. The van der Waals surface area contributed by atoms with Crippen molar-refractivity contribution in [2.75, 3.05) is 12.4 Å². The molecule has 1 aromatic heterocycles. The van der Waals surface area contributed by atoms with Crippen LogP contribution in [0, 0.1) is 6.92 Å². The average Bonchev–Trinajstić information content (AvgIpc) is 2.86. The molecule has 2 aromatic rings. The van der Waals surface area contributed by atoms with Crippen LogP contribution in [-0.4, -0.2) is 29.3 Å². The second-order valence-corrected chi connectivity index (χ2v) is 4.32. The number of carbonyl (C=O) groups is 2. The van der Waals surface area contributed by atoms with Crippen LogP contribution in [0.1, 0.15) is 21.6 Å². The van der Waals surface area contributed by atoms with Crippen LogP contribution in [0.5, 0.6) is 0 Å². The molecule has 0 aliphatic carbocycles. The average molecular weight is 273 g/mol. The van der Waals surface area contributed by atoms with Crippen molar-refractivity contribution in [2.24, 2.45) is 0 Å². The van der Waals surface area contributed by atoms with E-state index in [1.54, 1.807) is 16.9 Å². The first-order valence-corrected chi connectivity index (χ1v) is 6.05. The molecule has 0 bridgehead atoms. The Kier molecular flexibility index (Phi) is 4.14. The Labute approximate surface area is 116 Å². The van der Waals surface area contributed by atoms with Gasteiger partial charge in [-0.2, -0.15) is 5.10 Å². The van der Waals surface area contributed by atoms with Gasteiger partial charge in [-0.25, -0.2) is 0 Å². The molecule has 1 aliphatic rings. The molecule has 0 saturated carbocycles. The van der Waals surface area contributed by atoms with E-state index in [0.29, 0.717) is 18.7 Å². The van der Waals surface area contributed by atoms with E-state index in [1.165, 1.54) is 7.11 Å². The second kappa shape index (κ2) is 6.01. The van der Waals surface area contributed by atoms with Crippen molar-refractivity contribution in [2.45, 2.75) is 13.5 Å². The molecule has 1 N–H and O–H groups in total. The van der Waals surface area contributed by atoms with Crippen molar-refractivity contribution in [3.05, 3.63) is 47.3 Å². The first-order chi connectivity index (χ1) is 9.65. The highest BCUT2D eigenvalue weighted by molar-refractivity contribution is 6.04. The molecule has 1 aromatic carbocycles. The van der Waals surface area contributed by atoms with Gasteiger partial charge < -0.3 is 10.1 Å². The molecule has 0 spiro atoms. The third-order valence-electron chi connectivity index (χ3n) is 2.88. The van der Waals surface area contributed by atoms with Gasteiger partial charge in [-0.05, 0) is 30.2 Å². The number of fused-ring (bicyclic) bond motifs is 2. The summed E-state index contributed by atoms with van der Waals surface area (Å²) < 4.78 is 5.58. The van der Waals surface area contributed by atoms with E-state index in [2.05, 4.69) is 15.2 Å². The fraction of sp³-hybridized carbons (Fsp3) is 0.214. The topological polar surface area (TPSA) is 73.2 Å². The number of hydrogen-bond acceptors (Lipinski definition) is 4. The lowest BCUT2D eigenvalue weighted by Gasteiger charge is -2.06. The SMILES string of the molecule is COC=O.Cc1ccc2c(c1)NC(=O)c1ccnn1C2. The highest BCUT2D eigenvalue weighted by Crippen LogP contribution is 2.22. The first-order valence-electron chi connectivity index (χ1n) is 6.05. The Bertz CT molecular complexity index is 634. The van der Waals surface area contributed by atoms with Gasteiger partial charge in [0.2, 0.25) is 0 Å². The predicted molar refractivity (Wildman–Crippen MR) is 73.5 cm³/mol. The van der Waals surface area contributed by atoms with Gasteiger partial charge >= 0.3 is 0 Å². The lowest BCUT2D eigenvalue weighted by molar-refractivity contribution is -0.126. The summed E-state index contributed by atoms with van der Waals surface area (Å²) in [6.45, 7) is 3.02. The van der Waals surface area contributed by atoms with E-state index < -0.39 is 0 Å². The van der Waals surface area contributed by atoms with E-state index in [9.17, 15) is 4.79 Å². The summed E-state index contributed by atoms with van der Waals surface area (Å²) >= 11 is 0. The number of hydrogen-bond donors (Lipinski definition) is 1. The molecule has 0 atom stereocenters. The minimum absolute atomic E-state index is 0.0955. The van der Waals surface area contributed by atoms with Crippen molar-refractivity contribution in [1.29, 1.82) is 0 Å². The minimum Gasteiger partial charge on any atom is -0.471 e. The molecule has 1 aliphatic heterocycles. The summed E-state index contributed by atoms with van der Waals surface area (Å²) in [5.74, 6) is -0.0955. The van der Waals surface area contributed by atoms with Crippen molar-refractivity contribution in [1.82, 2.24) is 9.78 Å². The van der Waals surface area contributed by atoms with Crippen LogP contribution in [0.2, 0.25) is 0 Å². The number of methoxy groups -OCH3 is 1. The lowest BCUT2D eigenvalue weighted by Crippen LogP contribution is -2.13. The molecule has 6 heteroatoms. The quantitative estimate of drug-likeness (QED) is 0.801. The first kappa shape index (κ1) is 13.8. The van der Waals surface area contributed by atoms with Crippen LogP contribution in [0.3, 0.4) is 0 Å². The number of anilines is 1. The minimum atomic E-state index is -0.0955. The maximum atomic E-state index is 11.9. The zero-order valence-electron chi connectivity index (χ0n) is 11.3. The molecule has 1 amide bonds. The summed E-state index contributed by atoms with van der Waals surface area (Å²) in [5, 5.41) is 7.05. The zero-order valence-corrected chi connectivity index (χ0v) is 11.3. The lowest BCUT2D eigenvalue weighted by atomic mass is 10.1. The number of nitrogens with zero attached hydrogens (tertiary/aromatic N) is 2. The van der Waals surface area contributed by atoms with Crippen LogP contribution in [0.4, 0.5) is 5.69 Å². The Morgan fingerprint density at radius 2 is 2.15 bits per heavy atom. The largest absolute Gasteiger partial charge is 0.471 e. The number of aryl methyl sites for hydroxylation is 1. The fourth-order valence-electron chi connectivity index (χ4n) is 1.94. The van der Waals surface area contributed by atoms with E-state index >= 15 is 0 Å². The molecule has 20 heavy (non-hydrogen) atoms.